The molecule has 1 aromatic rings. The zero-order valence-corrected chi connectivity index (χ0v) is 9.80. The van der Waals surface area contributed by atoms with Gasteiger partial charge in [-0.2, -0.15) is 5.26 Å². The van der Waals surface area contributed by atoms with E-state index < -0.39 is 0 Å². The lowest BCUT2D eigenvalue weighted by molar-refractivity contribution is -0.118. The largest absolute Gasteiger partial charge is 0.398 e. The van der Waals surface area contributed by atoms with Crippen LogP contribution in [0.25, 0.3) is 0 Å². The second kappa shape index (κ2) is 6.03. The normalized spacial score (nSPS) is 9.50. The molecule has 0 saturated heterocycles. The van der Waals surface area contributed by atoms with Gasteiger partial charge in [-0.15, -0.1) is 11.8 Å². The molecule has 0 spiro atoms. The van der Waals surface area contributed by atoms with Crippen molar-refractivity contribution in [2.24, 2.45) is 0 Å². The minimum atomic E-state index is -0.161. The SMILES string of the molecule is Cc1ccc(SCC(=O)NCC#N)c(N)c1. The van der Waals surface area contributed by atoms with Gasteiger partial charge >= 0.3 is 0 Å². The summed E-state index contributed by atoms with van der Waals surface area (Å²) < 4.78 is 0. The molecule has 1 amide bonds. The van der Waals surface area contributed by atoms with Crippen LogP contribution in [0.5, 0.6) is 0 Å². The predicted molar refractivity (Wildman–Crippen MR) is 64.9 cm³/mol. The monoisotopic (exact) mass is 235 g/mol. The molecule has 84 valence electrons. The number of nitrogens with zero attached hydrogens (tertiary/aromatic N) is 1. The highest BCUT2D eigenvalue weighted by molar-refractivity contribution is 8.00. The van der Waals surface area contributed by atoms with Gasteiger partial charge in [0.2, 0.25) is 5.91 Å². The van der Waals surface area contributed by atoms with Crippen molar-refractivity contribution < 1.29 is 4.79 Å². The minimum Gasteiger partial charge on any atom is -0.398 e. The highest BCUT2D eigenvalue weighted by Gasteiger charge is 2.04. The number of anilines is 1. The van der Waals surface area contributed by atoms with Gasteiger partial charge in [0.25, 0.3) is 0 Å². The molecule has 0 fully saturated rings. The van der Waals surface area contributed by atoms with Gasteiger partial charge < -0.3 is 11.1 Å². The predicted octanol–water partition coefficient (Wildman–Crippen LogP) is 1.31. The maximum atomic E-state index is 11.2. The Kier molecular flexibility index (Phi) is 4.67. The molecule has 0 unspecified atom stereocenters. The lowest BCUT2D eigenvalue weighted by atomic mass is 10.2. The van der Waals surface area contributed by atoms with Crippen molar-refractivity contribution in [3.63, 3.8) is 0 Å². The number of hydrogen-bond donors (Lipinski definition) is 2. The average Bonchev–Trinajstić information content (AvgIpc) is 2.25. The topological polar surface area (TPSA) is 78.9 Å². The molecule has 0 aliphatic heterocycles. The number of nitrogens with one attached hydrogen (secondary N) is 1. The number of carbonyl (C=O) groups is 1. The first kappa shape index (κ1) is 12.4. The molecule has 0 heterocycles. The Labute approximate surface area is 98.8 Å². The molecule has 0 aliphatic rings. The number of carbonyl (C=O) groups excluding carboxylic acids is 1. The Morgan fingerprint density at radius 1 is 1.62 bits per heavy atom. The van der Waals surface area contributed by atoms with Crippen molar-refractivity contribution in [1.82, 2.24) is 5.32 Å². The van der Waals surface area contributed by atoms with Crippen molar-refractivity contribution in [3.05, 3.63) is 23.8 Å². The van der Waals surface area contributed by atoms with E-state index in [1.807, 2.05) is 31.2 Å². The Bertz CT molecular complexity index is 426. The maximum Gasteiger partial charge on any atom is 0.231 e. The van der Waals surface area contributed by atoms with E-state index in [0.717, 1.165) is 10.5 Å². The fourth-order valence-electron chi connectivity index (χ4n) is 1.13. The number of benzene rings is 1. The number of hydrogen-bond acceptors (Lipinski definition) is 4. The van der Waals surface area contributed by atoms with Crippen LogP contribution >= 0.6 is 11.8 Å². The summed E-state index contributed by atoms with van der Waals surface area (Å²) in [5.74, 6) is 0.112. The standard InChI is InChI=1S/C11H13N3OS/c1-8-2-3-10(9(13)6-8)16-7-11(15)14-5-4-12/h2-3,6H,5,7,13H2,1H3,(H,14,15). The molecule has 0 radical (unpaired) electrons. The Balaban J connectivity index is 2.49. The fourth-order valence-corrected chi connectivity index (χ4v) is 1.91. The molecule has 1 aromatic carbocycles. The van der Waals surface area contributed by atoms with E-state index in [1.165, 1.54) is 11.8 Å². The molecular formula is C11H13N3OS. The number of thioether (sulfide) groups is 1. The van der Waals surface area contributed by atoms with E-state index in [9.17, 15) is 4.79 Å². The highest BCUT2D eigenvalue weighted by Crippen LogP contribution is 2.25. The zero-order chi connectivity index (χ0) is 12.0. The summed E-state index contributed by atoms with van der Waals surface area (Å²) in [6, 6.07) is 7.57. The van der Waals surface area contributed by atoms with E-state index in [0.29, 0.717) is 5.69 Å². The Morgan fingerprint density at radius 2 is 2.38 bits per heavy atom. The molecule has 1 rings (SSSR count). The van der Waals surface area contributed by atoms with Gasteiger partial charge in [-0.1, -0.05) is 6.07 Å². The third kappa shape index (κ3) is 3.83. The molecule has 4 nitrogen and oxygen atoms in total. The third-order valence-corrected chi connectivity index (χ3v) is 2.98. The number of nitriles is 1. The summed E-state index contributed by atoms with van der Waals surface area (Å²) in [6.45, 7) is 2.01. The van der Waals surface area contributed by atoms with Crippen LogP contribution in [0.3, 0.4) is 0 Å². The molecule has 0 atom stereocenters. The summed E-state index contributed by atoms with van der Waals surface area (Å²) in [6.07, 6.45) is 0. The van der Waals surface area contributed by atoms with Crippen LogP contribution < -0.4 is 11.1 Å². The third-order valence-electron chi connectivity index (χ3n) is 1.89. The van der Waals surface area contributed by atoms with Crippen LogP contribution in [0.1, 0.15) is 5.56 Å². The second-order valence-corrected chi connectivity index (χ2v) is 4.28. The summed E-state index contributed by atoms with van der Waals surface area (Å²) in [7, 11) is 0. The van der Waals surface area contributed by atoms with E-state index in [1.54, 1.807) is 0 Å². The van der Waals surface area contributed by atoms with Crippen LogP contribution in [-0.4, -0.2) is 18.2 Å². The molecule has 16 heavy (non-hydrogen) atoms. The number of rotatable bonds is 4. The van der Waals surface area contributed by atoms with E-state index in [2.05, 4.69) is 5.32 Å². The van der Waals surface area contributed by atoms with Crippen LogP contribution in [-0.2, 0) is 4.79 Å². The number of aryl methyl sites for hydroxylation is 1. The summed E-state index contributed by atoms with van der Waals surface area (Å²) in [4.78, 5) is 12.1. The fraction of sp³-hybridized carbons (Fsp3) is 0.273. The first-order chi connectivity index (χ1) is 7.63. The molecule has 0 bridgehead atoms. The molecule has 0 saturated carbocycles. The minimum absolute atomic E-state index is 0.0444. The summed E-state index contributed by atoms with van der Waals surface area (Å²) in [5.41, 5.74) is 7.57. The number of nitrogen functional groups attached to an aromatic ring is 1. The second-order valence-electron chi connectivity index (χ2n) is 3.26. The van der Waals surface area contributed by atoms with Gasteiger partial charge in [0.15, 0.2) is 0 Å². The molecule has 5 heteroatoms. The lowest BCUT2D eigenvalue weighted by Crippen LogP contribution is -2.25. The zero-order valence-electron chi connectivity index (χ0n) is 8.99. The Morgan fingerprint density at radius 3 is 3.00 bits per heavy atom. The van der Waals surface area contributed by atoms with Gasteiger partial charge in [0.05, 0.1) is 11.8 Å². The number of nitrogens with two attached hydrogens (primary N) is 1. The smallest absolute Gasteiger partial charge is 0.231 e. The summed E-state index contributed by atoms with van der Waals surface area (Å²) >= 11 is 1.37. The molecular weight excluding hydrogens is 222 g/mol. The van der Waals surface area contributed by atoms with Crippen molar-refractivity contribution in [1.29, 1.82) is 5.26 Å². The van der Waals surface area contributed by atoms with E-state index in [-0.39, 0.29) is 18.2 Å². The van der Waals surface area contributed by atoms with E-state index >= 15 is 0 Å². The van der Waals surface area contributed by atoms with Gasteiger partial charge in [0.1, 0.15) is 6.54 Å². The van der Waals surface area contributed by atoms with E-state index in [4.69, 9.17) is 11.0 Å². The highest BCUT2D eigenvalue weighted by atomic mass is 32.2. The van der Waals surface area contributed by atoms with Gasteiger partial charge in [0, 0.05) is 10.6 Å². The van der Waals surface area contributed by atoms with Gasteiger partial charge in [-0.25, -0.2) is 0 Å². The Hall–Kier alpha value is -1.67. The van der Waals surface area contributed by atoms with Crippen LogP contribution in [0.15, 0.2) is 23.1 Å². The maximum absolute atomic E-state index is 11.2. The van der Waals surface area contributed by atoms with Gasteiger partial charge in [-0.05, 0) is 24.6 Å². The van der Waals surface area contributed by atoms with Crippen molar-refractivity contribution >= 4 is 23.4 Å². The van der Waals surface area contributed by atoms with Crippen molar-refractivity contribution in [3.8, 4) is 6.07 Å². The molecule has 3 N–H and O–H groups in total. The molecule has 0 aromatic heterocycles. The lowest BCUT2D eigenvalue weighted by Gasteiger charge is -2.05. The van der Waals surface area contributed by atoms with Crippen molar-refractivity contribution in [2.45, 2.75) is 11.8 Å². The first-order valence-corrected chi connectivity index (χ1v) is 5.74. The molecule has 0 aliphatic carbocycles. The van der Waals surface area contributed by atoms with Crippen molar-refractivity contribution in [2.75, 3.05) is 18.0 Å². The van der Waals surface area contributed by atoms with Crippen LogP contribution in [0.2, 0.25) is 0 Å². The average molecular weight is 235 g/mol. The summed E-state index contributed by atoms with van der Waals surface area (Å²) in [5, 5.41) is 10.8. The quantitative estimate of drug-likeness (QED) is 0.468. The number of amides is 1. The van der Waals surface area contributed by atoms with Gasteiger partial charge in [-0.3, -0.25) is 4.79 Å². The first-order valence-electron chi connectivity index (χ1n) is 4.76. The van der Waals surface area contributed by atoms with Crippen LogP contribution in [0, 0.1) is 18.3 Å². The van der Waals surface area contributed by atoms with Crippen LogP contribution in [0.4, 0.5) is 5.69 Å².